The van der Waals surface area contributed by atoms with Crippen LogP contribution in [-0.4, -0.2) is 24.8 Å². The summed E-state index contributed by atoms with van der Waals surface area (Å²) in [5, 5.41) is 7.81. The van der Waals surface area contributed by atoms with Crippen LogP contribution in [0.4, 0.5) is 5.00 Å². The third-order valence-electron chi connectivity index (χ3n) is 5.17. The van der Waals surface area contributed by atoms with E-state index in [0.29, 0.717) is 23.2 Å². The summed E-state index contributed by atoms with van der Waals surface area (Å²) in [6.45, 7) is 6.91. The molecule has 2 unspecified atom stereocenters. The highest BCUT2D eigenvalue weighted by Crippen LogP contribution is 2.40. The van der Waals surface area contributed by atoms with Crippen LogP contribution in [0.15, 0.2) is 24.3 Å². The van der Waals surface area contributed by atoms with E-state index in [1.165, 1.54) is 12.0 Å². The van der Waals surface area contributed by atoms with Crippen molar-refractivity contribution in [2.24, 2.45) is 5.92 Å². The SMILES string of the molecule is CCOc1ccc(C(C)NC(=S)Nc2sc3c(c2C(=O)OC)CCC(C)C3)cc1. The Morgan fingerprint density at radius 3 is 2.72 bits per heavy atom. The molecule has 156 valence electrons. The average Bonchev–Trinajstić information content (AvgIpc) is 3.04. The quantitative estimate of drug-likeness (QED) is 0.489. The number of methoxy groups -OCH3 is 1. The lowest BCUT2D eigenvalue weighted by molar-refractivity contribution is 0.0601. The number of benzene rings is 1. The van der Waals surface area contributed by atoms with Crippen LogP contribution in [-0.2, 0) is 17.6 Å². The van der Waals surface area contributed by atoms with Gasteiger partial charge in [-0.25, -0.2) is 4.79 Å². The Morgan fingerprint density at radius 2 is 2.07 bits per heavy atom. The van der Waals surface area contributed by atoms with Crippen LogP contribution in [0.1, 0.15) is 59.6 Å². The minimum atomic E-state index is -0.304. The highest BCUT2D eigenvalue weighted by Gasteiger charge is 2.28. The second kappa shape index (κ2) is 9.59. The molecular formula is C22H28N2O3S2. The van der Waals surface area contributed by atoms with Gasteiger partial charge >= 0.3 is 5.97 Å². The standard InChI is InChI=1S/C22H28N2O3S2/c1-5-27-16-9-7-15(8-10-16)14(3)23-22(28)24-20-19(21(25)26-4)17-11-6-13(2)12-18(17)29-20/h7-10,13-14H,5-6,11-12H2,1-4H3,(H2,23,24,28). The van der Waals surface area contributed by atoms with Gasteiger partial charge in [0.2, 0.25) is 0 Å². The molecule has 1 aliphatic carbocycles. The normalized spacial score (nSPS) is 16.5. The number of nitrogens with one attached hydrogen (secondary N) is 2. The van der Waals surface area contributed by atoms with Gasteiger partial charge < -0.3 is 20.1 Å². The summed E-state index contributed by atoms with van der Waals surface area (Å²) < 4.78 is 10.5. The van der Waals surface area contributed by atoms with Crippen LogP contribution < -0.4 is 15.4 Å². The molecule has 2 atom stereocenters. The summed E-state index contributed by atoms with van der Waals surface area (Å²) in [6, 6.07) is 7.98. The fourth-order valence-corrected chi connectivity index (χ4v) is 5.34. The van der Waals surface area contributed by atoms with E-state index in [1.807, 2.05) is 38.1 Å². The number of carbonyl (C=O) groups is 1. The Labute approximate surface area is 181 Å². The van der Waals surface area contributed by atoms with Crippen molar-refractivity contribution in [3.8, 4) is 5.75 Å². The first-order valence-electron chi connectivity index (χ1n) is 9.96. The molecule has 0 bridgehead atoms. The molecule has 1 aromatic carbocycles. The van der Waals surface area contributed by atoms with Crippen molar-refractivity contribution in [3.05, 3.63) is 45.8 Å². The van der Waals surface area contributed by atoms with Crippen molar-refractivity contribution < 1.29 is 14.3 Å². The van der Waals surface area contributed by atoms with E-state index >= 15 is 0 Å². The summed E-state index contributed by atoms with van der Waals surface area (Å²) in [5.74, 6) is 1.18. The van der Waals surface area contributed by atoms with Crippen LogP contribution in [0.25, 0.3) is 0 Å². The fraction of sp³-hybridized carbons (Fsp3) is 0.455. The number of hydrogen-bond donors (Lipinski definition) is 2. The minimum Gasteiger partial charge on any atom is -0.494 e. The molecule has 1 aromatic heterocycles. The number of ether oxygens (including phenoxy) is 2. The Balaban J connectivity index is 1.72. The van der Waals surface area contributed by atoms with E-state index in [-0.39, 0.29) is 12.0 Å². The van der Waals surface area contributed by atoms with Crippen LogP contribution >= 0.6 is 23.6 Å². The van der Waals surface area contributed by atoms with Crippen LogP contribution in [0, 0.1) is 5.92 Å². The number of esters is 1. The van der Waals surface area contributed by atoms with E-state index in [1.54, 1.807) is 11.3 Å². The predicted octanol–water partition coefficient (Wildman–Crippen LogP) is 5.11. The number of carbonyl (C=O) groups excluding carboxylic acids is 1. The highest BCUT2D eigenvalue weighted by atomic mass is 32.1. The van der Waals surface area contributed by atoms with Gasteiger partial charge in [-0.3, -0.25) is 0 Å². The van der Waals surface area contributed by atoms with E-state index in [9.17, 15) is 4.79 Å². The molecule has 3 rings (SSSR count). The zero-order valence-electron chi connectivity index (χ0n) is 17.3. The van der Waals surface area contributed by atoms with Crippen molar-refractivity contribution in [2.75, 3.05) is 19.0 Å². The molecule has 1 heterocycles. The maximum absolute atomic E-state index is 12.4. The molecule has 0 fully saturated rings. The minimum absolute atomic E-state index is 0.0156. The number of rotatable bonds is 6. The van der Waals surface area contributed by atoms with Gasteiger partial charge in [0.05, 0.1) is 25.3 Å². The average molecular weight is 433 g/mol. The molecule has 5 nitrogen and oxygen atoms in total. The topological polar surface area (TPSA) is 59.6 Å². The Morgan fingerprint density at radius 1 is 1.34 bits per heavy atom. The van der Waals surface area contributed by atoms with Crippen molar-refractivity contribution in [1.29, 1.82) is 0 Å². The molecule has 2 N–H and O–H groups in total. The number of hydrogen-bond acceptors (Lipinski definition) is 5. The van der Waals surface area contributed by atoms with Gasteiger partial charge in [0, 0.05) is 4.88 Å². The highest BCUT2D eigenvalue weighted by molar-refractivity contribution is 7.80. The third kappa shape index (κ3) is 5.08. The molecule has 0 saturated carbocycles. The first-order chi connectivity index (χ1) is 13.9. The second-order valence-corrected chi connectivity index (χ2v) is 8.88. The summed E-state index contributed by atoms with van der Waals surface area (Å²) in [7, 11) is 1.42. The number of fused-ring (bicyclic) bond motifs is 1. The van der Waals surface area contributed by atoms with Crippen LogP contribution in [0.2, 0.25) is 0 Å². The summed E-state index contributed by atoms with van der Waals surface area (Å²) in [5.41, 5.74) is 2.85. The van der Waals surface area contributed by atoms with Gasteiger partial charge in [-0.1, -0.05) is 19.1 Å². The number of thiocarbonyl (C=S) groups is 1. The van der Waals surface area contributed by atoms with Crippen molar-refractivity contribution in [2.45, 2.75) is 46.1 Å². The van der Waals surface area contributed by atoms with Gasteiger partial charge in [-0.05, 0) is 74.5 Å². The van der Waals surface area contributed by atoms with Crippen molar-refractivity contribution >= 4 is 39.6 Å². The largest absolute Gasteiger partial charge is 0.494 e. The molecule has 0 radical (unpaired) electrons. The van der Waals surface area contributed by atoms with E-state index in [2.05, 4.69) is 17.6 Å². The number of thiophene rings is 1. The molecule has 2 aromatic rings. The first kappa shape index (κ1) is 21.6. The Kier molecular flexibility index (Phi) is 7.14. The molecule has 29 heavy (non-hydrogen) atoms. The molecule has 7 heteroatoms. The lowest BCUT2D eigenvalue weighted by Gasteiger charge is -2.18. The molecule has 1 aliphatic rings. The van der Waals surface area contributed by atoms with Gasteiger partial charge in [0.15, 0.2) is 5.11 Å². The van der Waals surface area contributed by atoms with Crippen molar-refractivity contribution in [3.63, 3.8) is 0 Å². The van der Waals surface area contributed by atoms with E-state index < -0.39 is 0 Å². The Bertz CT molecular complexity index is 877. The first-order valence-corrected chi connectivity index (χ1v) is 11.2. The zero-order chi connectivity index (χ0) is 21.0. The van der Waals surface area contributed by atoms with Crippen LogP contribution in [0.5, 0.6) is 5.75 Å². The summed E-state index contributed by atoms with van der Waals surface area (Å²) >= 11 is 7.15. The van der Waals surface area contributed by atoms with Gasteiger partial charge in [-0.2, -0.15) is 0 Å². The van der Waals surface area contributed by atoms with Gasteiger partial charge in [0.1, 0.15) is 10.8 Å². The van der Waals surface area contributed by atoms with Gasteiger partial charge in [0.25, 0.3) is 0 Å². The maximum atomic E-state index is 12.4. The Hall–Kier alpha value is -2.12. The molecule has 0 aliphatic heterocycles. The van der Waals surface area contributed by atoms with Crippen LogP contribution in [0.3, 0.4) is 0 Å². The smallest absolute Gasteiger partial charge is 0.341 e. The molecular weight excluding hydrogens is 404 g/mol. The summed E-state index contributed by atoms with van der Waals surface area (Å²) in [6.07, 6.45) is 2.99. The molecule has 0 amide bonds. The number of anilines is 1. The third-order valence-corrected chi connectivity index (χ3v) is 6.56. The molecule has 0 saturated heterocycles. The fourth-order valence-electron chi connectivity index (χ4n) is 3.60. The lowest BCUT2D eigenvalue weighted by atomic mass is 9.88. The zero-order valence-corrected chi connectivity index (χ0v) is 19.0. The second-order valence-electron chi connectivity index (χ2n) is 7.37. The van der Waals surface area contributed by atoms with Gasteiger partial charge in [-0.15, -0.1) is 11.3 Å². The monoisotopic (exact) mass is 432 g/mol. The maximum Gasteiger partial charge on any atom is 0.341 e. The predicted molar refractivity (Wildman–Crippen MR) is 122 cm³/mol. The van der Waals surface area contributed by atoms with Crippen molar-refractivity contribution in [1.82, 2.24) is 5.32 Å². The lowest BCUT2D eigenvalue weighted by Crippen LogP contribution is -2.31. The molecule has 0 spiro atoms. The summed E-state index contributed by atoms with van der Waals surface area (Å²) in [4.78, 5) is 13.7. The van der Waals surface area contributed by atoms with E-state index in [4.69, 9.17) is 21.7 Å². The van der Waals surface area contributed by atoms with E-state index in [0.717, 1.165) is 41.1 Å².